The molecule has 1 rings (SSSR count). The average molecular weight is 379 g/mol. The van der Waals surface area contributed by atoms with Crippen LogP contribution < -0.4 is 10.6 Å². The third-order valence-corrected chi connectivity index (χ3v) is 3.67. The van der Waals surface area contributed by atoms with E-state index in [0.29, 0.717) is 12.6 Å². The highest BCUT2D eigenvalue weighted by atomic mass is 79.9. The molecule has 0 radical (unpaired) electrons. The molecule has 0 spiro atoms. The summed E-state index contributed by atoms with van der Waals surface area (Å²) in [5, 5.41) is 5.21. The summed E-state index contributed by atoms with van der Waals surface area (Å²) in [5.41, 5.74) is -1.97. The van der Waals surface area contributed by atoms with E-state index in [9.17, 15) is 18.4 Å². The van der Waals surface area contributed by atoms with Gasteiger partial charge in [0.1, 0.15) is 11.6 Å². The topological polar surface area (TPSA) is 67.4 Å². The number of benzene rings is 1. The highest BCUT2D eigenvalue weighted by Gasteiger charge is 2.40. The van der Waals surface area contributed by atoms with Crippen LogP contribution >= 0.6 is 15.9 Å². The van der Waals surface area contributed by atoms with Gasteiger partial charge in [0.15, 0.2) is 5.54 Å². The smallest absolute Gasteiger partial charge is 0.336 e. The van der Waals surface area contributed by atoms with Crippen LogP contribution in [0.4, 0.5) is 8.78 Å². The lowest BCUT2D eigenvalue weighted by Gasteiger charge is -2.29. The number of carbonyl (C=O) groups excluding carboxylic acids is 2. The zero-order valence-electron chi connectivity index (χ0n) is 12.4. The molecule has 1 unspecified atom stereocenters. The third-order valence-electron chi connectivity index (χ3n) is 3.07. The predicted molar refractivity (Wildman–Crippen MR) is 80.1 cm³/mol. The Morgan fingerprint density at radius 3 is 2.50 bits per heavy atom. The Hall–Kier alpha value is -1.54. The number of likely N-dealkylation sites (N-methyl/N-ethyl adjacent to an activating group) is 1. The summed E-state index contributed by atoms with van der Waals surface area (Å²) in [6.07, 6.45) is 0. The van der Waals surface area contributed by atoms with Crippen molar-refractivity contribution in [2.24, 2.45) is 0 Å². The standard InChI is InChI=1S/C14H17BrF2N2O3/c1-4-18-7-12(20)19-14(2,13(21)22-3)8-5-9(15)11(17)6-10(8)16/h5-6,18H,4,7H2,1-3H3,(H,19,20). The molecule has 2 N–H and O–H groups in total. The van der Waals surface area contributed by atoms with E-state index in [1.807, 2.05) is 6.92 Å². The lowest BCUT2D eigenvalue weighted by atomic mass is 9.91. The summed E-state index contributed by atoms with van der Waals surface area (Å²) in [6.45, 7) is 3.61. The van der Waals surface area contributed by atoms with Gasteiger partial charge in [-0.25, -0.2) is 13.6 Å². The second kappa shape index (κ2) is 7.64. The van der Waals surface area contributed by atoms with Gasteiger partial charge in [-0.05, 0) is 35.5 Å². The van der Waals surface area contributed by atoms with Crippen molar-refractivity contribution < 1.29 is 23.1 Å². The van der Waals surface area contributed by atoms with Crippen LogP contribution in [-0.2, 0) is 19.9 Å². The van der Waals surface area contributed by atoms with Crippen molar-refractivity contribution in [2.75, 3.05) is 20.2 Å². The predicted octanol–water partition coefficient (Wildman–Crippen LogP) is 1.84. The van der Waals surface area contributed by atoms with Gasteiger partial charge in [-0.15, -0.1) is 0 Å². The molecular formula is C14H17BrF2N2O3. The van der Waals surface area contributed by atoms with Crippen LogP contribution in [0.15, 0.2) is 16.6 Å². The third kappa shape index (κ3) is 4.01. The van der Waals surface area contributed by atoms with Gasteiger partial charge in [0.2, 0.25) is 5.91 Å². The summed E-state index contributed by atoms with van der Waals surface area (Å²) in [5.74, 6) is -3.16. The molecule has 0 aromatic heterocycles. The van der Waals surface area contributed by atoms with Crippen LogP contribution in [-0.4, -0.2) is 32.1 Å². The van der Waals surface area contributed by atoms with Crippen LogP contribution in [0.25, 0.3) is 0 Å². The monoisotopic (exact) mass is 378 g/mol. The van der Waals surface area contributed by atoms with Crippen LogP contribution in [0, 0.1) is 11.6 Å². The minimum Gasteiger partial charge on any atom is -0.467 e. The van der Waals surface area contributed by atoms with E-state index < -0.39 is 29.0 Å². The van der Waals surface area contributed by atoms with Gasteiger partial charge >= 0.3 is 5.97 Å². The lowest BCUT2D eigenvalue weighted by molar-refractivity contribution is -0.150. The molecule has 0 saturated carbocycles. The van der Waals surface area contributed by atoms with Crippen LogP contribution in [0.2, 0.25) is 0 Å². The normalized spacial score (nSPS) is 13.4. The number of halogens is 3. The summed E-state index contributed by atoms with van der Waals surface area (Å²) < 4.78 is 32.1. The van der Waals surface area contributed by atoms with Gasteiger partial charge in [0.05, 0.1) is 18.1 Å². The number of ether oxygens (including phenoxy) is 1. The van der Waals surface area contributed by atoms with Gasteiger partial charge < -0.3 is 15.4 Å². The van der Waals surface area contributed by atoms with Gasteiger partial charge in [-0.2, -0.15) is 0 Å². The van der Waals surface area contributed by atoms with Gasteiger partial charge in [-0.3, -0.25) is 4.79 Å². The first-order valence-electron chi connectivity index (χ1n) is 6.51. The second-order valence-corrected chi connectivity index (χ2v) is 5.55. The molecule has 0 saturated heterocycles. The number of carbonyl (C=O) groups is 2. The second-order valence-electron chi connectivity index (χ2n) is 4.69. The maximum atomic E-state index is 14.1. The molecular weight excluding hydrogens is 362 g/mol. The molecule has 0 aliphatic rings. The van der Waals surface area contributed by atoms with E-state index in [1.165, 1.54) is 6.92 Å². The van der Waals surface area contributed by atoms with E-state index in [2.05, 4.69) is 31.3 Å². The van der Waals surface area contributed by atoms with Crippen molar-refractivity contribution in [1.29, 1.82) is 0 Å². The maximum Gasteiger partial charge on any atom is 0.336 e. The van der Waals surface area contributed by atoms with E-state index in [4.69, 9.17) is 0 Å². The lowest BCUT2D eigenvalue weighted by Crippen LogP contribution is -2.52. The zero-order valence-corrected chi connectivity index (χ0v) is 14.0. The summed E-state index contributed by atoms with van der Waals surface area (Å²) in [4.78, 5) is 23.9. The first-order chi connectivity index (χ1) is 10.3. The van der Waals surface area contributed by atoms with Crippen molar-refractivity contribution in [2.45, 2.75) is 19.4 Å². The fraction of sp³-hybridized carbons (Fsp3) is 0.429. The van der Waals surface area contributed by atoms with Crippen LogP contribution in [0.1, 0.15) is 19.4 Å². The molecule has 1 aromatic rings. The number of amides is 1. The molecule has 0 fully saturated rings. The van der Waals surface area contributed by atoms with Gasteiger partial charge in [-0.1, -0.05) is 6.92 Å². The van der Waals surface area contributed by atoms with Crippen molar-refractivity contribution >= 4 is 27.8 Å². The van der Waals surface area contributed by atoms with Crippen molar-refractivity contribution in [3.8, 4) is 0 Å². The quantitative estimate of drug-likeness (QED) is 0.585. The van der Waals surface area contributed by atoms with E-state index in [1.54, 1.807) is 0 Å². The minimum atomic E-state index is -1.78. The minimum absolute atomic E-state index is 0.0278. The van der Waals surface area contributed by atoms with E-state index in [-0.39, 0.29) is 16.6 Å². The first-order valence-corrected chi connectivity index (χ1v) is 7.30. The van der Waals surface area contributed by atoms with E-state index in [0.717, 1.165) is 13.2 Å². The summed E-state index contributed by atoms with van der Waals surface area (Å²) in [7, 11) is 1.12. The Bertz CT molecular complexity index is 583. The Morgan fingerprint density at radius 1 is 1.32 bits per heavy atom. The summed E-state index contributed by atoms with van der Waals surface area (Å²) in [6, 6.07) is 1.74. The van der Waals surface area contributed by atoms with Crippen LogP contribution in [0.5, 0.6) is 0 Å². The number of methoxy groups -OCH3 is 1. The fourth-order valence-corrected chi connectivity index (χ4v) is 2.24. The van der Waals surface area contributed by atoms with Crippen molar-refractivity contribution in [3.05, 3.63) is 33.8 Å². The molecule has 0 aliphatic carbocycles. The number of esters is 1. The molecule has 0 aliphatic heterocycles. The Morgan fingerprint density at radius 2 is 1.95 bits per heavy atom. The van der Waals surface area contributed by atoms with Crippen molar-refractivity contribution in [1.82, 2.24) is 10.6 Å². The number of hydrogen-bond donors (Lipinski definition) is 2. The van der Waals surface area contributed by atoms with Crippen LogP contribution in [0.3, 0.4) is 0 Å². The molecule has 1 atom stereocenters. The molecule has 8 heteroatoms. The molecule has 22 heavy (non-hydrogen) atoms. The van der Waals surface area contributed by atoms with E-state index >= 15 is 0 Å². The Kier molecular flexibility index (Phi) is 6.43. The summed E-state index contributed by atoms with van der Waals surface area (Å²) >= 11 is 2.93. The van der Waals surface area contributed by atoms with Gasteiger partial charge in [0.25, 0.3) is 0 Å². The Labute approximate surface area is 135 Å². The molecule has 1 amide bonds. The zero-order chi connectivity index (χ0) is 16.9. The van der Waals surface area contributed by atoms with Crippen molar-refractivity contribution in [3.63, 3.8) is 0 Å². The molecule has 5 nitrogen and oxygen atoms in total. The Balaban J connectivity index is 3.25. The number of nitrogens with one attached hydrogen (secondary N) is 2. The van der Waals surface area contributed by atoms with Gasteiger partial charge in [0, 0.05) is 11.6 Å². The molecule has 122 valence electrons. The largest absolute Gasteiger partial charge is 0.467 e. The first kappa shape index (κ1) is 18.5. The molecule has 0 heterocycles. The molecule has 0 bridgehead atoms. The fourth-order valence-electron chi connectivity index (χ4n) is 1.90. The SMILES string of the molecule is CCNCC(=O)NC(C)(C(=O)OC)c1cc(Br)c(F)cc1F. The average Bonchev–Trinajstić information content (AvgIpc) is 2.47. The molecule has 1 aromatic carbocycles. The number of rotatable bonds is 6. The number of hydrogen-bond acceptors (Lipinski definition) is 4. The maximum absolute atomic E-state index is 14.1. The highest BCUT2D eigenvalue weighted by molar-refractivity contribution is 9.10. The highest BCUT2D eigenvalue weighted by Crippen LogP contribution is 2.29.